The summed E-state index contributed by atoms with van der Waals surface area (Å²) in [5, 5.41) is 20.0. The SMILES string of the molecule is CC(C)(C)OC(=O)N1CCN2c3ncnc4cc(B(O)O)c(Cl)c(c34)OC[C@@H]2C1. The predicted molar refractivity (Wildman–Crippen MR) is 109 cm³/mol. The molecule has 1 aromatic carbocycles. The highest BCUT2D eigenvalue weighted by Crippen LogP contribution is 2.40. The molecule has 1 amide bonds. The van der Waals surface area contributed by atoms with E-state index < -0.39 is 12.7 Å². The van der Waals surface area contributed by atoms with Gasteiger partial charge < -0.3 is 29.3 Å². The van der Waals surface area contributed by atoms with Crippen LogP contribution in [0.25, 0.3) is 10.9 Å². The molecule has 2 N–H and O–H groups in total. The van der Waals surface area contributed by atoms with Gasteiger partial charge in [-0.05, 0) is 26.8 Å². The van der Waals surface area contributed by atoms with Gasteiger partial charge in [0.05, 0.1) is 22.0 Å². The van der Waals surface area contributed by atoms with Gasteiger partial charge in [0, 0.05) is 25.1 Å². The zero-order valence-corrected chi connectivity index (χ0v) is 17.2. The molecule has 2 aromatic rings. The quantitative estimate of drug-likeness (QED) is 0.652. The molecule has 1 atom stereocenters. The molecule has 9 nitrogen and oxygen atoms in total. The van der Waals surface area contributed by atoms with Crippen molar-refractivity contribution < 1.29 is 24.3 Å². The summed E-state index contributed by atoms with van der Waals surface area (Å²) in [4.78, 5) is 24.9. The molecule has 0 bridgehead atoms. The number of nitrogens with zero attached hydrogens (tertiary/aromatic N) is 4. The number of aromatic nitrogens is 2. The Kier molecular flexibility index (Phi) is 4.96. The van der Waals surface area contributed by atoms with Crippen LogP contribution < -0.4 is 15.1 Å². The number of fused-ring (bicyclic) bond motifs is 2. The molecule has 1 saturated heterocycles. The molecule has 2 aliphatic rings. The third-order valence-corrected chi connectivity index (χ3v) is 5.32. The lowest BCUT2D eigenvalue weighted by Gasteiger charge is -2.41. The number of rotatable bonds is 1. The fourth-order valence-corrected chi connectivity index (χ4v) is 3.96. The fraction of sp³-hybridized carbons (Fsp3) is 0.500. The van der Waals surface area contributed by atoms with Crippen molar-refractivity contribution in [2.45, 2.75) is 32.4 Å². The van der Waals surface area contributed by atoms with E-state index in [9.17, 15) is 14.8 Å². The highest BCUT2D eigenvalue weighted by molar-refractivity contribution is 6.63. The maximum absolute atomic E-state index is 12.5. The third-order valence-electron chi connectivity index (χ3n) is 4.93. The van der Waals surface area contributed by atoms with Crippen molar-refractivity contribution in [3.8, 4) is 5.75 Å². The van der Waals surface area contributed by atoms with Crippen molar-refractivity contribution in [2.24, 2.45) is 0 Å². The van der Waals surface area contributed by atoms with Gasteiger partial charge in [-0.2, -0.15) is 0 Å². The molecule has 0 saturated carbocycles. The van der Waals surface area contributed by atoms with Gasteiger partial charge in [-0.25, -0.2) is 14.8 Å². The van der Waals surface area contributed by atoms with E-state index in [1.165, 1.54) is 12.4 Å². The molecule has 0 radical (unpaired) electrons. The molecule has 1 fully saturated rings. The van der Waals surface area contributed by atoms with Gasteiger partial charge >= 0.3 is 13.2 Å². The summed E-state index contributed by atoms with van der Waals surface area (Å²) in [5.74, 6) is 0.971. The number of hydrogen-bond acceptors (Lipinski definition) is 8. The molecule has 1 aromatic heterocycles. The summed E-state index contributed by atoms with van der Waals surface area (Å²) in [6.45, 7) is 7.17. The van der Waals surface area contributed by atoms with Crippen LogP contribution in [0.4, 0.5) is 10.6 Å². The monoisotopic (exact) mass is 420 g/mol. The Hall–Kier alpha value is -2.30. The van der Waals surface area contributed by atoms with Gasteiger partial charge in [0.2, 0.25) is 0 Å². The zero-order chi connectivity index (χ0) is 20.9. The highest BCUT2D eigenvalue weighted by Gasteiger charge is 2.37. The second kappa shape index (κ2) is 7.19. The Morgan fingerprint density at radius 2 is 2.10 bits per heavy atom. The van der Waals surface area contributed by atoms with E-state index in [1.807, 2.05) is 20.8 Å². The number of halogens is 1. The molecule has 0 unspecified atom stereocenters. The number of benzene rings is 1. The summed E-state index contributed by atoms with van der Waals surface area (Å²) < 4.78 is 11.5. The van der Waals surface area contributed by atoms with E-state index in [4.69, 9.17) is 21.1 Å². The van der Waals surface area contributed by atoms with Crippen LogP contribution >= 0.6 is 11.6 Å². The van der Waals surface area contributed by atoms with E-state index in [1.54, 1.807) is 4.90 Å². The summed E-state index contributed by atoms with van der Waals surface area (Å²) in [6, 6.07) is 1.36. The fourth-order valence-electron chi connectivity index (χ4n) is 3.66. The zero-order valence-electron chi connectivity index (χ0n) is 16.4. The molecular weight excluding hydrogens is 398 g/mol. The van der Waals surface area contributed by atoms with Crippen molar-refractivity contribution in [3.05, 3.63) is 17.4 Å². The van der Waals surface area contributed by atoms with Gasteiger partial charge in [-0.3, -0.25) is 0 Å². The Balaban J connectivity index is 1.69. The Labute approximate surface area is 173 Å². The van der Waals surface area contributed by atoms with E-state index in [-0.39, 0.29) is 29.2 Å². The van der Waals surface area contributed by atoms with Crippen LogP contribution in [0.2, 0.25) is 5.02 Å². The topological polar surface area (TPSA) is 108 Å². The van der Waals surface area contributed by atoms with Gasteiger partial charge in [-0.15, -0.1) is 0 Å². The average molecular weight is 421 g/mol. The van der Waals surface area contributed by atoms with Crippen molar-refractivity contribution in [2.75, 3.05) is 31.1 Å². The first-order chi connectivity index (χ1) is 13.7. The summed E-state index contributed by atoms with van der Waals surface area (Å²) in [5.41, 5.74) is 0.0555. The summed E-state index contributed by atoms with van der Waals surface area (Å²) in [7, 11) is -1.75. The molecule has 3 heterocycles. The Bertz CT molecular complexity index is 967. The van der Waals surface area contributed by atoms with Crippen molar-refractivity contribution in [1.29, 1.82) is 0 Å². The largest absolute Gasteiger partial charge is 0.490 e. The highest BCUT2D eigenvalue weighted by atomic mass is 35.5. The van der Waals surface area contributed by atoms with E-state index in [2.05, 4.69) is 14.9 Å². The number of carbonyl (C=O) groups is 1. The number of amides is 1. The van der Waals surface area contributed by atoms with Crippen molar-refractivity contribution in [1.82, 2.24) is 14.9 Å². The molecular formula is C18H22BClN4O5. The number of carbonyl (C=O) groups excluding carboxylic acids is 1. The first-order valence-electron chi connectivity index (χ1n) is 9.36. The second-order valence-corrected chi connectivity index (χ2v) is 8.54. The average Bonchev–Trinajstić information content (AvgIpc) is 2.81. The Morgan fingerprint density at radius 1 is 1.34 bits per heavy atom. The third kappa shape index (κ3) is 3.67. The van der Waals surface area contributed by atoms with Crippen molar-refractivity contribution >= 4 is 47.0 Å². The maximum atomic E-state index is 12.5. The lowest BCUT2D eigenvalue weighted by atomic mass is 9.79. The normalized spacial score (nSPS) is 18.8. The lowest BCUT2D eigenvalue weighted by Crippen LogP contribution is -2.57. The molecule has 29 heavy (non-hydrogen) atoms. The van der Waals surface area contributed by atoms with Gasteiger partial charge in [0.25, 0.3) is 0 Å². The maximum Gasteiger partial charge on any atom is 0.490 e. The lowest BCUT2D eigenvalue weighted by molar-refractivity contribution is 0.0202. The van der Waals surface area contributed by atoms with E-state index in [0.29, 0.717) is 42.1 Å². The van der Waals surface area contributed by atoms with Crippen LogP contribution in [-0.4, -0.2) is 76.0 Å². The number of anilines is 1. The molecule has 0 spiro atoms. The van der Waals surface area contributed by atoms with Crippen molar-refractivity contribution in [3.63, 3.8) is 0 Å². The van der Waals surface area contributed by atoms with Crippen LogP contribution in [0.1, 0.15) is 20.8 Å². The van der Waals surface area contributed by atoms with Gasteiger partial charge in [-0.1, -0.05) is 11.6 Å². The Morgan fingerprint density at radius 3 is 2.79 bits per heavy atom. The molecule has 154 valence electrons. The van der Waals surface area contributed by atoms with Crippen LogP contribution in [0.15, 0.2) is 12.4 Å². The molecule has 2 aliphatic heterocycles. The number of ether oxygens (including phenoxy) is 2. The minimum Gasteiger partial charge on any atom is -0.489 e. The van der Waals surface area contributed by atoms with E-state index >= 15 is 0 Å². The summed E-state index contributed by atoms with van der Waals surface area (Å²) in [6.07, 6.45) is 1.06. The van der Waals surface area contributed by atoms with E-state index in [0.717, 1.165) is 0 Å². The number of piperazine rings is 1. The molecule has 0 aliphatic carbocycles. The van der Waals surface area contributed by atoms with Crippen LogP contribution in [0, 0.1) is 0 Å². The van der Waals surface area contributed by atoms with Crippen LogP contribution in [0.3, 0.4) is 0 Å². The van der Waals surface area contributed by atoms with Crippen LogP contribution in [0.5, 0.6) is 5.75 Å². The molecule has 11 heteroatoms. The first-order valence-corrected chi connectivity index (χ1v) is 9.74. The number of hydrogen-bond donors (Lipinski definition) is 2. The van der Waals surface area contributed by atoms with Gasteiger partial charge in [0.1, 0.15) is 24.4 Å². The smallest absolute Gasteiger partial charge is 0.489 e. The predicted octanol–water partition coefficient (Wildman–Crippen LogP) is 0.781. The van der Waals surface area contributed by atoms with Crippen LogP contribution in [-0.2, 0) is 4.74 Å². The second-order valence-electron chi connectivity index (χ2n) is 8.16. The minimum atomic E-state index is -1.75. The summed E-state index contributed by atoms with van der Waals surface area (Å²) >= 11 is 6.41. The molecule has 4 rings (SSSR count). The minimum absolute atomic E-state index is 0.118. The van der Waals surface area contributed by atoms with Gasteiger partial charge in [0.15, 0.2) is 5.75 Å². The standard InChI is InChI=1S/C18H22BClN4O5/c1-18(2,3)29-17(25)23-4-5-24-10(7-23)8-28-15-13-12(21-9-22-16(13)24)6-11(14(15)20)19(26)27/h6,9-10,26-27H,4-5,7-8H2,1-3H3/t10-/m0/s1. The first kappa shape index (κ1) is 20.0.